The van der Waals surface area contributed by atoms with Crippen LogP contribution in [-0.2, 0) is 9.53 Å². The number of benzene rings is 1. The molecule has 0 saturated carbocycles. The summed E-state index contributed by atoms with van der Waals surface area (Å²) < 4.78 is 9.98. The molecule has 3 heterocycles. The number of imidazole rings is 1. The predicted molar refractivity (Wildman–Crippen MR) is 108 cm³/mol. The van der Waals surface area contributed by atoms with Crippen LogP contribution in [0.25, 0.3) is 22.6 Å². The Morgan fingerprint density at radius 1 is 1.17 bits per heavy atom. The van der Waals surface area contributed by atoms with Crippen LogP contribution in [0.15, 0.2) is 48.7 Å². The Labute approximate surface area is 170 Å². The summed E-state index contributed by atoms with van der Waals surface area (Å²) in [5, 5.41) is 9.64. The highest BCUT2D eigenvalue weighted by molar-refractivity contribution is 6.03. The number of nitrogens with one attached hydrogen (secondary N) is 3. The first-order chi connectivity index (χ1) is 14.6. The Bertz CT molecular complexity index is 1150. The number of pyridine rings is 1. The summed E-state index contributed by atoms with van der Waals surface area (Å²) in [5.41, 5.74) is 2.70. The number of para-hydroxylation sites is 2. The van der Waals surface area contributed by atoms with Gasteiger partial charge in [-0.1, -0.05) is 12.1 Å². The van der Waals surface area contributed by atoms with Gasteiger partial charge in [0, 0.05) is 18.3 Å². The van der Waals surface area contributed by atoms with Crippen molar-refractivity contribution in [3.05, 3.63) is 54.2 Å². The number of hydrogen-bond acceptors (Lipinski definition) is 7. The molecule has 10 nitrogen and oxygen atoms in total. The topological polar surface area (TPSA) is 135 Å². The van der Waals surface area contributed by atoms with E-state index in [0.717, 1.165) is 11.0 Å². The highest BCUT2D eigenvalue weighted by Crippen LogP contribution is 2.21. The first-order valence-corrected chi connectivity index (χ1v) is 9.18. The normalized spacial score (nSPS) is 10.7. The number of amides is 1. The van der Waals surface area contributed by atoms with Crippen molar-refractivity contribution in [3.8, 4) is 17.4 Å². The van der Waals surface area contributed by atoms with Crippen molar-refractivity contribution in [1.82, 2.24) is 25.1 Å². The Kier molecular flexibility index (Phi) is 5.37. The molecule has 0 aliphatic carbocycles. The third kappa shape index (κ3) is 4.27. The van der Waals surface area contributed by atoms with Crippen LogP contribution in [0, 0.1) is 0 Å². The Morgan fingerprint density at radius 3 is 2.80 bits per heavy atom. The molecule has 0 aliphatic rings. The van der Waals surface area contributed by atoms with Gasteiger partial charge in [-0.25, -0.2) is 14.8 Å². The lowest BCUT2D eigenvalue weighted by Crippen LogP contribution is -2.15. The van der Waals surface area contributed by atoms with Gasteiger partial charge in [-0.2, -0.15) is 5.10 Å². The fraction of sp³-hybridized carbons (Fsp3) is 0.150. The van der Waals surface area contributed by atoms with Crippen molar-refractivity contribution in [2.24, 2.45) is 0 Å². The second-order valence-electron chi connectivity index (χ2n) is 6.20. The summed E-state index contributed by atoms with van der Waals surface area (Å²) in [7, 11) is 0. The van der Waals surface area contributed by atoms with Gasteiger partial charge in [0.25, 0.3) is 5.91 Å². The minimum absolute atomic E-state index is 0.214. The number of nitrogens with zero attached hydrogens (tertiary/aromatic N) is 3. The lowest BCUT2D eigenvalue weighted by Gasteiger charge is -2.05. The fourth-order valence-electron chi connectivity index (χ4n) is 2.71. The second-order valence-corrected chi connectivity index (χ2v) is 6.20. The number of fused-ring (bicyclic) bond motifs is 1. The van der Waals surface area contributed by atoms with Crippen LogP contribution < -0.4 is 10.1 Å². The molecule has 4 rings (SSSR count). The maximum absolute atomic E-state index is 12.4. The van der Waals surface area contributed by atoms with E-state index in [1.54, 1.807) is 13.0 Å². The summed E-state index contributed by atoms with van der Waals surface area (Å²) in [5.74, 6) is 0.306. The minimum Gasteiger partial charge on any atom is -0.466 e. The molecule has 0 bridgehead atoms. The molecular formula is C20H18N6O4. The standard InChI is InChI=1S/C20H18N6O4/c1-2-29-18(27)11-30-17-8-7-12(10-21-17)20(28)24-16-9-15(25-26-16)19-22-13-5-3-4-6-14(13)23-19/h3-10H,2,11H2,1H3,(H,22,23)(H2,24,25,26,28). The van der Waals surface area contributed by atoms with E-state index in [-0.39, 0.29) is 25.0 Å². The van der Waals surface area contributed by atoms with E-state index in [9.17, 15) is 9.59 Å². The van der Waals surface area contributed by atoms with E-state index in [2.05, 4.69) is 30.5 Å². The van der Waals surface area contributed by atoms with E-state index in [1.807, 2.05) is 24.3 Å². The van der Waals surface area contributed by atoms with Crippen LogP contribution >= 0.6 is 0 Å². The number of anilines is 1. The first kappa shape index (κ1) is 19.1. The monoisotopic (exact) mass is 406 g/mol. The molecular weight excluding hydrogens is 388 g/mol. The molecule has 1 aromatic carbocycles. The lowest BCUT2D eigenvalue weighted by molar-refractivity contribution is -0.145. The largest absolute Gasteiger partial charge is 0.466 e. The van der Waals surface area contributed by atoms with Crippen molar-refractivity contribution in [3.63, 3.8) is 0 Å². The predicted octanol–water partition coefficient (Wildman–Crippen LogP) is 2.54. The van der Waals surface area contributed by atoms with E-state index < -0.39 is 5.97 Å². The van der Waals surface area contributed by atoms with Crippen molar-refractivity contribution < 1.29 is 19.1 Å². The molecule has 1 amide bonds. The van der Waals surface area contributed by atoms with Crippen molar-refractivity contribution in [2.45, 2.75) is 6.92 Å². The fourth-order valence-corrected chi connectivity index (χ4v) is 2.71. The maximum atomic E-state index is 12.4. The van der Waals surface area contributed by atoms with Crippen LogP contribution in [-0.4, -0.2) is 50.2 Å². The average Bonchev–Trinajstić information content (AvgIpc) is 3.39. The summed E-state index contributed by atoms with van der Waals surface area (Å²) in [6.07, 6.45) is 1.35. The molecule has 10 heteroatoms. The molecule has 0 atom stereocenters. The summed E-state index contributed by atoms with van der Waals surface area (Å²) in [6, 6.07) is 12.4. The molecule has 0 saturated heterocycles. The summed E-state index contributed by atoms with van der Waals surface area (Å²) in [4.78, 5) is 35.4. The van der Waals surface area contributed by atoms with Gasteiger partial charge in [0.15, 0.2) is 18.2 Å². The SMILES string of the molecule is CCOC(=O)COc1ccc(C(=O)Nc2cc(-c3nc4ccccc4[nH]3)[nH]n2)cn1. The Morgan fingerprint density at radius 2 is 2.03 bits per heavy atom. The van der Waals surface area contributed by atoms with Crippen LogP contribution in [0.2, 0.25) is 0 Å². The van der Waals surface area contributed by atoms with Crippen LogP contribution in [0.5, 0.6) is 5.88 Å². The maximum Gasteiger partial charge on any atom is 0.344 e. The average molecular weight is 406 g/mol. The molecule has 4 aromatic rings. The number of esters is 1. The van der Waals surface area contributed by atoms with Gasteiger partial charge in [0.05, 0.1) is 23.2 Å². The summed E-state index contributed by atoms with van der Waals surface area (Å²) in [6.45, 7) is 1.74. The number of hydrogen-bond donors (Lipinski definition) is 3. The smallest absolute Gasteiger partial charge is 0.344 e. The number of rotatable bonds is 7. The molecule has 0 unspecified atom stereocenters. The van der Waals surface area contributed by atoms with Gasteiger partial charge in [-0.3, -0.25) is 9.89 Å². The molecule has 0 radical (unpaired) electrons. The number of carbonyl (C=O) groups excluding carboxylic acids is 2. The minimum atomic E-state index is -0.486. The quantitative estimate of drug-likeness (QED) is 0.401. The third-order valence-electron chi connectivity index (χ3n) is 4.11. The number of aromatic nitrogens is 5. The molecule has 0 spiro atoms. The highest BCUT2D eigenvalue weighted by Gasteiger charge is 2.13. The van der Waals surface area contributed by atoms with E-state index in [4.69, 9.17) is 9.47 Å². The third-order valence-corrected chi connectivity index (χ3v) is 4.11. The van der Waals surface area contributed by atoms with E-state index >= 15 is 0 Å². The van der Waals surface area contributed by atoms with E-state index in [0.29, 0.717) is 22.9 Å². The number of H-pyrrole nitrogens is 2. The molecule has 30 heavy (non-hydrogen) atoms. The van der Waals surface area contributed by atoms with Crippen LogP contribution in [0.1, 0.15) is 17.3 Å². The molecule has 0 aliphatic heterocycles. The van der Waals surface area contributed by atoms with Gasteiger partial charge in [0.2, 0.25) is 5.88 Å². The van der Waals surface area contributed by atoms with E-state index in [1.165, 1.54) is 18.3 Å². The van der Waals surface area contributed by atoms with Crippen molar-refractivity contribution in [2.75, 3.05) is 18.5 Å². The van der Waals surface area contributed by atoms with Gasteiger partial charge >= 0.3 is 5.97 Å². The number of ether oxygens (including phenoxy) is 2. The molecule has 3 aromatic heterocycles. The number of carbonyl (C=O) groups is 2. The molecule has 0 fully saturated rings. The molecule has 3 N–H and O–H groups in total. The Balaban J connectivity index is 1.39. The molecule has 152 valence electrons. The van der Waals surface area contributed by atoms with Crippen LogP contribution in [0.4, 0.5) is 5.82 Å². The highest BCUT2D eigenvalue weighted by atomic mass is 16.6. The van der Waals surface area contributed by atoms with Crippen molar-refractivity contribution in [1.29, 1.82) is 0 Å². The zero-order valence-electron chi connectivity index (χ0n) is 16.0. The van der Waals surface area contributed by atoms with Gasteiger partial charge in [0.1, 0.15) is 5.69 Å². The zero-order valence-corrected chi connectivity index (χ0v) is 16.0. The number of aromatic amines is 2. The van der Waals surface area contributed by atoms with Gasteiger partial charge in [-0.05, 0) is 25.1 Å². The van der Waals surface area contributed by atoms with Crippen LogP contribution in [0.3, 0.4) is 0 Å². The van der Waals surface area contributed by atoms with Gasteiger partial charge < -0.3 is 19.8 Å². The van der Waals surface area contributed by atoms with Crippen molar-refractivity contribution >= 4 is 28.7 Å². The first-order valence-electron chi connectivity index (χ1n) is 9.18. The van der Waals surface area contributed by atoms with Gasteiger partial charge in [-0.15, -0.1) is 0 Å². The second kappa shape index (κ2) is 8.43. The summed E-state index contributed by atoms with van der Waals surface area (Å²) >= 11 is 0. The zero-order chi connectivity index (χ0) is 20.9. The lowest BCUT2D eigenvalue weighted by atomic mass is 10.2. The Hall–Kier alpha value is -4.21.